The maximum Gasteiger partial charge on any atom is 0.0540 e. The number of allylic oxidation sites excluding steroid dienone is 4. The summed E-state index contributed by atoms with van der Waals surface area (Å²) in [6.45, 7) is 2.26. The normalized spacial score (nSPS) is 18.3. The van der Waals surface area contributed by atoms with E-state index in [2.05, 4.69) is 78.2 Å². The third-order valence-corrected chi connectivity index (χ3v) is 4.53. The van der Waals surface area contributed by atoms with Crippen LogP contribution in [-0.4, -0.2) is 4.57 Å². The summed E-state index contributed by atoms with van der Waals surface area (Å²) in [7, 11) is 0. The zero-order valence-corrected chi connectivity index (χ0v) is 12.3. The summed E-state index contributed by atoms with van der Waals surface area (Å²) in [5, 5.41) is 2.67. The second kappa shape index (κ2) is 4.92. The summed E-state index contributed by atoms with van der Waals surface area (Å²) >= 11 is 0. The molecule has 0 amide bonds. The van der Waals surface area contributed by atoms with Gasteiger partial charge >= 0.3 is 0 Å². The van der Waals surface area contributed by atoms with Gasteiger partial charge < -0.3 is 4.57 Å². The second-order valence-corrected chi connectivity index (χ2v) is 5.76. The molecule has 0 fully saturated rings. The highest BCUT2D eigenvalue weighted by Crippen LogP contribution is 2.33. The molecule has 0 bridgehead atoms. The van der Waals surface area contributed by atoms with Crippen LogP contribution in [0.25, 0.3) is 27.5 Å². The van der Waals surface area contributed by atoms with E-state index in [1.807, 2.05) is 0 Å². The van der Waals surface area contributed by atoms with Crippen molar-refractivity contribution in [3.63, 3.8) is 0 Å². The van der Waals surface area contributed by atoms with Gasteiger partial charge in [0.2, 0.25) is 0 Å². The maximum absolute atomic E-state index is 2.40. The van der Waals surface area contributed by atoms with Crippen LogP contribution in [0, 0.1) is 5.92 Å². The number of para-hydroxylation sites is 2. The number of hydrogen-bond donors (Lipinski definition) is 0. The van der Waals surface area contributed by atoms with Gasteiger partial charge in [-0.15, -0.1) is 0 Å². The fourth-order valence-corrected chi connectivity index (χ4v) is 3.32. The number of hydrogen-bond acceptors (Lipinski definition) is 0. The Morgan fingerprint density at radius 2 is 1.57 bits per heavy atom. The van der Waals surface area contributed by atoms with Crippen LogP contribution in [0.2, 0.25) is 0 Å². The molecule has 1 aliphatic rings. The predicted molar refractivity (Wildman–Crippen MR) is 91.3 cm³/mol. The van der Waals surface area contributed by atoms with Crippen LogP contribution in [0.3, 0.4) is 0 Å². The zero-order valence-electron chi connectivity index (χ0n) is 12.3. The lowest BCUT2D eigenvalue weighted by Gasteiger charge is -2.16. The molecule has 0 N–H and O–H groups in total. The van der Waals surface area contributed by atoms with E-state index in [9.17, 15) is 0 Å². The van der Waals surface area contributed by atoms with Crippen LogP contribution >= 0.6 is 0 Å². The molecule has 0 spiro atoms. The van der Waals surface area contributed by atoms with Gasteiger partial charge in [-0.05, 0) is 37.0 Å². The monoisotopic (exact) mass is 273 g/mol. The summed E-state index contributed by atoms with van der Waals surface area (Å²) in [5.41, 5.74) is 3.89. The highest BCUT2D eigenvalue weighted by atomic mass is 15.0. The van der Waals surface area contributed by atoms with Crippen LogP contribution in [0.1, 0.15) is 19.8 Å². The molecule has 0 aliphatic heterocycles. The van der Waals surface area contributed by atoms with Gasteiger partial charge in [-0.3, -0.25) is 0 Å². The van der Waals surface area contributed by atoms with E-state index in [1.165, 1.54) is 33.9 Å². The lowest BCUT2D eigenvalue weighted by atomic mass is 9.97. The number of aromatic nitrogens is 1. The molecule has 21 heavy (non-hydrogen) atoms. The molecule has 3 aromatic rings. The lowest BCUT2D eigenvalue weighted by Crippen LogP contribution is -2.02. The number of fused-ring (bicyclic) bond motifs is 3. The molecule has 1 heteroatoms. The van der Waals surface area contributed by atoms with E-state index in [4.69, 9.17) is 0 Å². The maximum atomic E-state index is 2.40. The second-order valence-electron chi connectivity index (χ2n) is 5.76. The average Bonchev–Trinajstić information content (AvgIpc) is 2.90. The van der Waals surface area contributed by atoms with Crippen LogP contribution in [0.15, 0.2) is 66.8 Å². The fraction of sp³-hybridized carbons (Fsp3) is 0.200. The number of benzene rings is 2. The van der Waals surface area contributed by atoms with Gasteiger partial charge in [-0.1, -0.05) is 55.5 Å². The van der Waals surface area contributed by atoms with Gasteiger partial charge in [0.05, 0.1) is 11.0 Å². The highest BCUT2D eigenvalue weighted by molar-refractivity contribution is 6.10. The Bertz CT molecular complexity index is 811. The highest BCUT2D eigenvalue weighted by Gasteiger charge is 2.14. The first-order valence-electron chi connectivity index (χ1n) is 7.75. The van der Waals surface area contributed by atoms with Gasteiger partial charge in [0.25, 0.3) is 0 Å². The molecule has 1 nitrogen and oxygen atoms in total. The molecule has 1 aliphatic carbocycles. The standard InChI is InChI=1S/C20H19N/c1-2-15-11-13-16(14-12-15)21-19-9-5-3-7-17(19)18-8-4-6-10-20(18)21/h3-11,13-15H,2,12H2,1H3. The van der Waals surface area contributed by atoms with Crippen LogP contribution in [-0.2, 0) is 0 Å². The van der Waals surface area contributed by atoms with Crippen LogP contribution < -0.4 is 0 Å². The van der Waals surface area contributed by atoms with E-state index in [1.54, 1.807) is 0 Å². The lowest BCUT2D eigenvalue weighted by molar-refractivity contribution is 0.632. The summed E-state index contributed by atoms with van der Waals surface area (Å²) in [4.78, 5) is 0. The Morgan fingerprint density at radius 3 is 2.10 bits per heavy atom. The van der Waals surface area contributed by atoms with Crippen molar-refractivity contribution in [2.75, 3.05) is 0 Å². The Kier molecular flexibility index (Phi) is 2.92. The molecule has 1 unspecified atom stereocenters. The fourth-order valence-electron chi connectivity index (χ4n) is 3.32. The van der Waals surface area contributed by atoms with Crippen LogP contribution in [0.5, 0.6) is 0 Å². The topological polar surface area (TPSA) is 4.93 Å². The van der Waals surface area contributed by atoms with E-state index in [0.29, 0.717) is 5.92 Å². The van der Waals surface area contributed by atoms with E-state index >= 15 is 0 Å². The zero-order chi connectivity index (χ0) is 14.2. The molecule has 0 saturated carbocycles. The van der Waals surface area contributed by atoms with Gasteiger partial charge in [0, 0.05) is 16.5 Å². The van der Waals surface area contributed by atoms with Crippen LogP contribution in [0.4, 0.5) is 0 Å². The summed E-state index contributed by atoms with van der Waals surface area (Å²) < 4.78 is 2.40. The minimum Gasteiger partial charge on any atom is -0.310 e. The van der Waals surface area contributed by atoms with E-state index in [0.717, 1.165) is 6.42 Å². The minimum atomic E-state index is 0.696. The van der Waals surface area contributed by atoms with Gasteiger partial charge in [-0.2, -0.15) is 0 Å². The Hall–Kier alpha value is -2.28. The summed E-state index contributed by atoms with van der Waals surface area (Å²) in [6, 6.07) is 17.4. The number of rotatable bonds is 2. The van der Waals surface area contributed by atoms with Gasteiger partial charge in [0.1, 0.15) is 0 Å². The summed E-state index contributed by atoms with van der Waals surface area (Å²) in [5.74, 6) is 0.696. The smallest absolute Gasteiger partial charge is 0.0540 e. The predicted octanol–water partition coefficient (Wildman–Crippen LogP) is 5.62. The van der Waals surface area contributed by atoms with Crippen molar-refractivity contribution in [3.8, 4) is 0 Å². The minimum absolute atomic E-state index is 0.696. The Balaban J connectivity index is 1.99. The van der Waals surface area contributed by atoms with Crippen molar-refractivity contribution in [2.24, 2.45) is 5.92 Å². The van der Waals surface area contributed by atoms with Gasteiger partial charge in [0.15, 0.2) is 0 Å². The largest absolute Gasteiger partial charge is 0.310 e. The molecule has 2 aromatic carbocycles. The molecular formula is C20H19N. The quantitative estimate of drug-likeness (QED) is 0.571. The van der Waals surface area contributed by atoms with Crippen molar-refractivity contribution in [1.82, 2.24) is 4.57 Å². The van der Waals surface area contributed by atoms with Crippen molar-refractivity contribution in [3.05, 3.63) is 66.8 Å². The average molecular weight is 273 g/mol. The molecular weight excluding hydrogens is 254 g/mol. The molecule has 104 valence electrons. The Labute approximate surface area is 125 Å². The van der Waals surface area contributed by atoms with Crippen molar-refractivity contribution in [2.45, 2.75) is 19.8 Å². The first-order valence-corrected chi connectivity index (χ1v) is 7.75. The third-order valence-electron chi connectivity index (χ3n) is 4.53. The molecule has 1 aromatic heterocycles. The first-order chi connectivity index (χ1) is 10.4. The molecule has 4 rings (SSSR count). The molecule has 1 heterocycles. The number of nitrogens with zero attached hydrogens (tertiary/aromatic N) is 1. The molecule has 0 radical (unpaired) electrons. The Morgan fingerprint density at radius 1 is 0.952 bits per heavy atom. The van der Waals surface area contributed by atoms with Crippen molar-refractivity contribution in [1.29, 1.82) is 0 Å². The van der Waals surface area contributed by atoms with E-state index < -0.39 is 0 Å². The first kappa shape index (κ1) is 12.5. The van der Waals surface area contributed by atoms with E-state index in [-0.39, 0.29) is 0 Å². The van der Waals surface area contributed by atoms with Crippen molar-refractivity contribution < 1.29 is 0 Å². The third kappa shape index (κ3) is 1.92. The summed E-state index contributed by atoms with van der Waals surface area (Å²) in [6.07, 6.45) is 9.39. The molecule has 1 atom stereocenters. The molecule has 0 saturated heterocycles. The van der Waals surface area contributed by atoms with Crippen molar-refractivity contribution >= 4 is 27.5 Å². The SMILES string of the molecule is CCC1C=CC(n2c3ccccc3c3ccccc32)=CC1. The van der Waals surface area contributed by atoms with Gasteiger partial charge in [-0.25, -0.2) is 0 Å².